The first kappa shape index (κ1) is 21.7. The third kappa shape index (κ3) is 5.99. The Morgan fingerprint density at radius 2 is 1.82 bits per heavy atom. The molecule has 0 aromatic heterocycles. The first-order valence-corrected chi connectivity index (χ1v) is 10.3. The van der Waals surface area contributed by atoms with Crippen molar-refractivity contribution in [2.24, 2.45) is 0 Å². The fourth-order valence-electron chi connectivity index (χ4n) is 3.00. The zero-order chi connectivity index (χ0) is 20.1. The predicted molar refractivity (Wildman–Crippen MR) is 113 cm³/mol. The van der Waals surface area contributed by atoms with Gasteiger partial charge in [0.15, 0.2) is 0 Å². The first-order chi connectivity index (χ1) is 13.4. The van der Waals surface area contributed by atoms with Crippen LogP contribution in [-0.4, -0.2) is 36.4 Å². The molecule has 150 valence electrons. The molecule has 0 radical (unpaired) electrons. The Hall–Kier alpha value is -1.01. The number of morpholine rings is 1. The van der Waals surface area contributed by atoms with Crippen molar-refractivity contribution in [1.82, 2.24) is 4.90 Å². The quantitative estimate of drug-likeness (QED) is 0.490. The summed E-state index contributed by atoms with van der Waals surface area (Å²) < 4.78 is 11.7. The summed E-state index contributed by atoms with van der Waals surface area (Å²) in [6.07, 6.45) is 0.296. The van der Waals surface area contributed by atoms with Crippen molar-refractivity contribution in [3.05, 3.63) is 62.6 Å². The van der Waals surface area contributed by atoms with Crippen LogP contribution in [0, 0.1) is 0 Å². The minimum Gasteiger partial charge on any atom is -0.489 e. The molecule has 1 aliphatic rings. The molecule has 0 aliphatic carbocycles. The van der Waals surface area contributed by atoms with Crippen LogP contribution in [0.4, 0.5) is 0 Å². The Labute approximate surface area is 184 Å². The van der Waals surface area contributed by atoms with Gasteiger partial charge < -0.3 is 9.47 Å². The molecule has 8 heteroatoms. The van der Waals surface area contributed by atoms with Crippen molar-refractivity contribution in [2.45, 2.75) is 19.1 Å². The van der Waals surface area contributed by atoms with Gasteiger partial charge in [-0.05, 0) is 41.4 Å². The van der Waals surface area contributed by atoms with Gasteiger partial charge in [-0.25, -0.2) is 0 Å². The van der Waals surface area contributed by atoms with E-state index in [4.69, 9.17) is 55.9 Å². The summed E-state index contributed by atoms with van der Waals surface area (Å²) in [5, 5.41) is 1.12. The largest absolute Gasteiger partial charge is 0.489 e. The number of halogens is 4. The summed E-state index contributed by atoms with van der Waals surface area (Å²) >= 11 is 23.7. The summed E-state index contributed by atoms with van der Waals surface area (Å²) in [6.45, 7) is 3.03. The number of hydrogen-bond donors (Lipinski definition) is 0. The molecule has 2 aromatic carbocycles. The smallest absolute Gasteiger partial charge is 0.222 e. The lowest BCUT2D eigenvalue weighted by molar-refractivity contribution is -0.112. The molecule has 28 heavy (non-hydrogen) atoms. The van der Waals surface area contributed by atoms with E-state index in [-0.39, 0.29) is 18.0 Å². The molecule has 1 fully saturated rings. The Morgan fingerprint density at radius 3 is 2.46 bits per heavy atom. The van der Waals surface area contributed by atoms with Crippen LogP contribution in [0.3, 0.4) is 0 Å². The number of nitrogens with zero attached hydrogens (tertiary/aromatic N) is 1. The average molecular weight is 463 g/mol. The van der Waals surface area contributed by atoms with Crippen LogP contribution in [0.1, 0.15) is 23.7 Å². The molecular formula is C20H19Cl4NO3. The Morgan fingerprint density at radius 1 is 1.14 bits per heavy atom. The van der Waals surface area contributed by atoms with Crippen LogP contribution in [0.25, 0.3) is 0 Å². The van der Waals surface area contributed by atoms with E-state index in [0.29, 0.717) is 46.0 Å². The van der Waals surface area contributed by atoms with Gasteiger partial charge in [0.2, 0.25) is 5.24 Å². The van der Waals surface area contributed by atoms with Gasteiger partial charge in [0, 0.05) is 36.6 Å². The van der Waals surface area contributed by atoms with E-state index in [1.54, 1.807) is 12.1 Å². The molecule has 2 aromatic rings. The van der Waals surface area contributed by atoms with Gasteiger partial charge >= 0.3 is 0 Å². The SMILES string of the molecule is O=C(Cl)CCN1CCOC(c2ccc(OCc3c(Cl)cc(Cl)cc3Cl)cc2)C1. The van der Waals surface area contributed by atoms with E-state index in [9.17, 15) is 4.79 Å². The number of benzene rings is 2. The van der Waals surface area contributed by atoms with Crippen molar-refractivity contribution in [1.29, 1.82) is 0 Å². The molecule has 0 saturated carbocycles. The number of hydrogen-bond acceptors (Lipinski definition) is 4. The van der Waals surface area contributed by atoms with Crippen LogP contribution in [0.15, 0.2) is 36.4 Å². The number of ether oxygens (including phenoxy) is 2. The van der Waals surface area contributed by atoms with Crippen molar-refractivity contribution >= 4 is 51.6 Å². The zero-order valence-electron chi connectivity index (χ0n) is 15.0. The van der Waals surface area contributed by atoms with Crippen molar-refractivity contribution in [3.8, 4) is 5.75 Å². The molecule has 0 bridgehead atoms. The van der Waals surface area contributed by atoms with E-state index in [1.165, 1.54) is 0 Å². The van der Waals surface area contributed by atoms with E-state index >= 15 is 0 Å². The minimum absolute atomic E-state index is 0.0478. The number of rotatable bonds is 7. The summed E-state index contributed by atoms with van der Waals surface area (Å²) in [5.74, 6) is 0.700. The molecule has 1 heterocycles. The minimum atomic E-state index is -0.314. The van der Waals surface area contributed by atoms with Crippen LogP contribution >= 0.6 is 46.4 Å². The van der Waals surface area contributed by atoms with Crippen LogP contribution in [-0.2, 0) is 16.1 Å². The molecule has 0 amide bonds. The molecular weight excluding hydrogens is 444 g/mol. The van der Waals surface area contributed by atoms with Crippen LogP contribution in [0.5, 0.6) is 5.75 Å². The van der Waals surface area contributed by atoms with Gasteiger partial charge in [-0.1, -0.05) is 46.9 Å². The maximum absolute atomic E-state index is 11.0. The second-order valence-corrected chi connectivity index (χ2v) is 8.14. The molecule has 4 nitrogen and oxygen atoms in total. The lowest BCUT2D eigenvalue weighted by atomic mass is 10.1. The lowest BCUT2D eigenvalue weighted by Gasteiger charge is -2.32. The van der Waals surface area contributed by atoms with Gasteiger partial charge in [-0.2, -0.15) is 0 Å². The van der Waals surface area contributed by atoms with Crippen molar-refractivity contribution < 1.29 is 14.3 Å². The van der Waals surface area contributed by atoms with Crippen molar-refractivity contribution in [3.63, 3.8) is 0 Å². The second-order valence-electron chi connectivity index (χ2n) is 6.47. The van der Waals surface area contributed by atoms with Crippen LogP contribution in [0.2, 0.25) is 15.1 Å². The maximum Gasteiger partial charge on any atom is 0.222 e. The predicted octanol–water partition coefficient (Wildman–Crippen LogP) is 5.75. The Kier molecular flexibility index (Phi) is 7.86. The fourth-order valence-corrected chi connectivity index (χ4v) is 4.01. The van der Waals surface area contributed by atoms with Gasteiger partial charge in [-0.3, -0.25) is 9.69 Å². The summed E-state index contributed by atoms with van der Waals surface area (Å²) in [4.78, 5) is 13.2. The first-order valence-electron chi connectivity index (χ1n) is 8.81. The highest BCUT2D eigenvalue weighted by Gasteiger charge is 2.22. The number of carbonyl (C=O) groups is 1. The van der Waals surface area contributed by atoms with Gasteiger partial charge in [0.1, 0.15) is 12.4 Å². The Balaban J connectivity index is 1.58. The van der Waals surface area contributed by atoms with E-state index < -0.39 is 0 Å². The van der Waals surface area contributed by atoms with E-state index in [2.05, 4.69) is 4.90 Å². The normalized spacial score (nSPS) is 17.5. The molecule has 3 rings (SSSR count). The maximum atomic E-state index is 11.0. The topological polar surface area (TPSA) is 38.8 Å². The van der Waals surface area contributed by atoms with Gasteiger partial charge in [0.25, 0.3) is 0 Å². The van der Waals surface area contributed by atoms with Gasteiger partial charge in [0.05, 0.1) is 22.8 Å². The molecule has 1 aliphatic heterocycles. The molecule has 0 spiro atoms. The molecule has 0 N–H and O–H groups in total. The third-order valence-electron chi connectivity index (χ3n) is 4.52. The van der Waals surface area contributed by atoms with Gasteiger partial charge in [-0.15, -0.1) is 0 Å². The fraction of sp³-hybridized carbons (Fsp3) is 0.350. The van der Waals surface area contributed by atoms with E-state index in [0.717, 1.165) is 18.7 Å². The van der Waals surface area contributed by atoms with Crippen molar-refractivity contribution in [2.75, 3.05) is 26.2 Å². The molecule has 1 atom stereocenters. The second kappa shape index (κ2) is 10.1. The lowest BCUT2D eigenvalue weighted by Crippen LogP contribution is -2.39. The zero-order valence-corrected chi connectivity index (χ0v) is 18.0. The third-order valence-corrected chi connectivity index (χ3v) is 5.60. The van der Waals surface area contributed by atoms with E-state index in [1.807, 2.05) is 24.3 Å². The summed E-state index contributed by atoms with van der Waals surface area (Å²) in [6, 6.07) is 11.0. The Bertz CT molecular complexity index is 806. The monoisotopic (exact) mass is 461 g/mol. The highest BCUT2D eigenvalue weighted by Crippen LogP contribution is 2.30. The summed E-state index contributed by atoms with van der Waals surface area (Å²) in [7, 11) is 0. The summed E-state index contributed by atoms with van der Waals surface area (Å²) in [5.41, 5.74) is 1.74. The number of carbonyl (C=O) groups excluding carboxylic acids is 1. The standard InChI is InChI=1S/C20H19Cl4NO3/c21-14-9-17(22)16(18(23)10-14)12-28-15-3-1-13(2-4-15)19-11-25(7-8-27-19)6-5-20(24)26/h1-4,9-10,19H,5-8,11-12H2. The molecule has 1 unspecified atom stereocenters. The average Bonchev–Trinajstić information content (AvgIpc) is 2.66. The highest BCUT2D eigenvalue weighted by atomic mass is 35.5. The highest BCUT2D eigenvalue weighted by molar-refractivity contribution is 6.63. The molecule has 1 saturated heterocycles. The van der Waals surface area contributed by atoms with Crippen LogP contribution < -0.4 is 4.74 Å².